The Labute approximate surface area is 198 Å². The lowest BCUT2D eigenvalue weighted by molar-refractivity contribution is 0.449. The molecule has 2 aromatic rings. The quantitative estimate of drug-likeness (QED) is 0.260. The maximum Gasteiger partial charge on any atom is 0.119 e. The van der Waals surface area contributed by atoms with Gasteiger partial charge in [-0.05, 0) is 48.4 Å². The standard InChI is InChI=1S/C31H48O/c1-5-7-9-11-12-14-19-23-28-26(20-16-13-10-8-6-2)24-25-29(32)30(28)31(3,4)27-21-17-15-18-22-27/h15,17-18,21-22,24-25,32H,5-14,16,19-20,23H2,1-4H3. The number of phenols is 1. The lowest BCUT2D eigenvalue weighted by Crippen LogP contribution is -2.22. The molecule has 0 saturated carbocycles. The zero-order valence-corrected chi connectivity index (χ0v) is 21.4. The highest BCUT2D eigenvalue weighted by Gasteiger charge is 2.29. The number of aromatic hydroxyl groups is 1. The van der Waals surface area contributed by atoms with Gasteiger partial charge in [-0.2, -0.15) is 0 Å². The highest BCUT2D eigenvalue weighted by atomic mass is 16.3. The van der Waals surface area contributed by atoms with E-state index in [1.165, 1.54) is 93.7 Å². The van der Waals surface area contributed by atoms with Gasteiger partial charge in [-0.15, -0.1) is 0 Å². The molecule has 0 bridgehead atoms. The second-order valence-corrected chi connectivity index (χ2v) is 10.1. The first-order valence-electron chi connectivity index (χ1n) is 13.4. The second-order valence-electron chi connectivity index (χ2n) is 10.1. The van der Waals surface area contributed by atoms with E-state index in [9.17, 15) is 5.11 Å². The van der Waals surface area contributed by atoms with Crippen LogP contribution >= 0.6 is 0 Å². The van der Waals surface area contributed by atoms with Crippen LogP contribution in [0.15, 0.2) is 42.5 Å². The van der Waals surface area contributed by atoms with Crippen molar-refractivity contribution in [3.05, 3.63) is 64.7 Å². The number of hydrogen-bond acceptors (Lipinski definition) is 1. The summed E-state index contributed by atoms with van der Waals surface area (Å²) in [5.74, 6) is 0.464. The third kappa shape index (κ3) is 7.98. The van der Waals surface area contributed by atoms with Crippen molar-refractivity contribution in [3.63, 3.8) is 0 Å². The Balaban J connectivity index is 2.22. The summed E-state index contributed by atoms with van der Waals surface area (Å²) >= 11 is 0. The molecule has 0 unspecified atom stereocenters. The highest BCUT2D eigenvalue weighted by molar-refractivity contribution is 5.53. The van der Waals surface area contributed by atoms with Gasteiger partial charge in [-0.1, -0.05) is 128 Å². The molecular weight excluding hydrogens is 388 g/mol. The zero-order valence-electron chi connectivity index (χ0n) is 21.4. The predicted molar refractivity (Wildman–Crippen MR) is 141 cm³/mol. The van der Waals surface area contributed by atoms with Gasteiger partial charge in [0.25, 0.3) is 0 Å². The van der Waals surface area contributed by atoms with E-state index in [1.54, 1.807) is 0 Å². The molecule has 0 aliphatic carbocycles. The van der Waals surface area contributed by atoms with Crippen LogP contribution in [0.4, 0.5) is 0 Å². The average Bonchev–Trinajstić information content (AvgIpc) is 2.80. The van der Waals surface area contributed by atoms with Gasteiger partial charge < -0.3 is 5.11 Å². The minimum Gasteiger partial charge on any atom is -0.508 e. The van der Waals surface area contributed by atoms with Crippen LogP contribution < -0.4 is 0 Å². The Morgan fingerprint density at radius 1 is 0.625 bits per heavy atom. The number of hydrogen-bond donors (Lipinski definition) is 1. The van der Waals surface area contributed by atoms with Crippen molar-refractivity contribution in [2.45, 2.75) is 123 Å². The van der Waals surface area contributed by atoms with E-state index < -0.39 is 0 Å². The van der Waals surface area contributed by atoms with E-state index in [0.29, 0.717) is 5.75 Å². The molecule has 1 heteroatoms. The lowest BCUT2D eigenvalue weighted by atomic mass is 9.73. The van der Waals surface area contributed by atoms with Crippen LogP contribution in [0.1, 0.15) is 127 Å². The Morgan fingerprint density at radius 2 is 1.16 bits per heavy atom. The van der Waals surface area contributed by atoms with Crippen LogP contribution in [0.5, 0.6) is 5.75 Å². The average molecular weight is 437 g/mol. The fourth-order valence-electron chi connectivity index (χ4n) is 5.07. The topological polar surface area (TPSA) is 20.2 Å². The molecule has 32 heavy (non-hydrogen) atoms. The molecule has 0 aliphatic heterocycles. The number of rotatable bonds is 16. The van der Waals surface area contributed by atoms with Gasteiger partial charge in [0.15, 0.2) is 0 Å². The van der Waals surface area contributed by atoms with Gasteiger partial charge in [-0.3, -0.25) is 0 Å². The minimum atomic E-state index is -0.208. The Kier molecular flexibility index (Phi) is 11.9. The molecule has 0 spiro atoms. The van der Waals surface area contributed by atoms with Gasteiger partial charge in [0.05, 0.1) is 0 Å². The van der Waals surface area contributed by atoms with Crippen molar-refractivity contribution in [1.82, 2.24) is 0 Å². The zero-order chi connectivity index (χ0) is 23.2. The summed E-state index contributed by atoms with van der Waals surface area (Å²) in [6, 6.07) is 14.9. The lowest BCUT2D eigenvalue weighted by Gasteiger charge is -2.31. The summed E-state index contributed by atoms with van der Waals surface area (Å²) in [6.07, 6.45) is 18.0. The van der Waals surface area contributed by atoms with E-state index in [0.717, 1.165) is 18.4 Å². The summed E-state index contributed by atoms with van der Waals surface area (Å²) in [5, 5.41) is 11.1. The summed E-state index contributed by atoms with van der Waals surface area (Å²) in [4.78, 5) is 0. The third-order valence-electron chi connectivity index (χ3n) is 7.09. The fourth-order valence-corrected chi connectivity index (χ4v) is 5.07. The van der Waals surface area contributed by atoms with Gasteiger partial charge in [0.2, 0.25) is 0 Å². The van der Waals surface area contributed by atoms with E-state index in [-0.39, 0.29) is 5.41 Å². The van der Waals surface area contributed by atoms with Crippen LogP contribution in [0, 0.1) is 0 Å². The first-order chi connectivity index (χ1) is 15.5. The second kappa shape index (κ2) is 14.4. The largest absolute Gasteiger partial charge is 0.508 e. The molecule has 0 fully saturated rings. The molecule has 2 rings (SSSR count). The molecule has 1 N–H and O–H groups in total. The molecule has 178 valence electrons. The normalized spacial score (nSPS) is 11.8. The summed E-state index contributed by atoms with van der Waals surface area (Å²) in [7, 11) is 0. The van der Waals surface area contributed by atoms with Gasteiger partial charge in [-0.25, -0.2) is 0 Å². The van der Waals surface area contributed by atoms with Crippen molar-refractivity contribution in [1.29, 1.82) is 0 Å². The van der Waals surface area contributed by atoms with Crippen molar-refractivity contribution >= 4 is 0 Å². The first kappa shape index (κ1) is 26.5. The summed E-state index contributed by atoms with van der Waals surface area (Å²) < 4.78 is 0. The molecule has 1 nitrogen and oxygen atoms in total. The fraction of sp³-hybridized carbons (Fsp3) is 0.613. The molecule has 0 radical (unpaired) electrons. The molecule has 0 atom stereocenters. The van der Waals surface area contributed by atoms with Crippen molar-refractivity contribution in [2.24, 2.45) is 0 Å². The van der Waals surface area contributed by atoms with E-state index >= 15 is 0 Å². The van der Waals surface area contributed by atoms with Crippen LogP contribution in [0.25, 0.3) is 0 Å². The van der Waals surface area contributed by atoms with Gasteiger partial charge in [0, 0.05) is 11.0 Å². The maximum atomic E-state index is 11.1. The number of benzene rings is 2. The molecule has 0 aliphatic rings. The minimum absolute atomic E-state index is 0.208. The molecule has 0 heterocycles. The Morgan fingerprint density at radius 3 is 1.75 bits per heavy atom. The van der Waals surface area contributed by atoms with Crippen molar-refractivity contribution in [3.8, 4) is 5.75 Å². The molecule has 2 aromatic carbocycles. The van der Waals surface area contributed by atoms with E-state index in [2.05, 4.69) is 64.1 Å². The third-order valence-corrected chi connectivity index (χ3v) is 7.09. The Hall–Kier alpha value is -1.76. The highest BCUT2D eigenvalue weighted by Crippen LogP contribution is 2.41. The van der Waals surface area contributed by atoms with E-state index in [1.807, 2.05) is 6.07 Å². The number of aryl methyl sites for hydroxylation is 1. The molecule has 0 aromatic heterocycles. The molecular formula is C31H48O. The summed E-state index contributed by atoms with van der Waals surface area (Å²) in [6.45, 7) is 9.10. The van der Waals surface area contributed by atoms with Crippen molar-refractivity contribution in [2.75, 3.05) is 0 Å². The first-order valence-corrected chi connectivity index (χ1v) is 13.4. The van der Waals surface area contributed by atoms with Crippen LogP contribution in [0.2, 0.25) is 0 Å². The molecule has 0 saturated heterocycles. The van der Waals surface area contributed by atoms with Gasteiger partial charge in [0.1, 0.15) is 5.75 Å². The van der Waals surface area contributed by atoms with E-state index in [4.69, 9.17) is 0 Å². The van der Waals surface area contributed by atoms with Crippen LogP contribution in [-0.4, -0.2) is 5.11 Å². The summed E-state index contributed by atoms with van der Waals surface area (Å²) in [5.41, 5.74) is 5.10. The van der Waals surface area contributed by atoms with Crippen molar-refractivity contribution < 1.29 is 5.11 Å². The molecule has 0 amide bonds. The monoisotopic (exact) mass is 436 g/mol. The SMILES string of the molecule is CCCCCCCCCc1c(CCCCCCC)ccc(O)c1C(C)(C)c1ccccc1. The maximum absolute atomic E-state index is 11.1. The number of phenolic OH excluding ortho intramolecular Hbond substituents is 1. The smallest absolute Gasteiger partial charge is 0.119 e. The number of unbranched alkanes of at least 4 members (excludes halogenated alkanes) is 10. The van der Waals surface area contributed by atoms with Crippen LogP contribution in [-0.2, 0) is 18.3 Å². The Bertz CT molecular complexity index is 760. The van der Waals surface area contributed by atoms with Crippen LogP contribution in [0.3, 0.4) is 0 Å². The van der Waals surface area contributed by atoms with Gasteiger partial charge >= 0.3 is 0 Å². The predicted octanol–water partition coefficient (Wildman–Crippen LogP) is 9.52.